The van der Waals surface area contributed by atoms with Crippen molar-refractivity contribution in [1.82, 2.24) is 5.32 Å². The molecule has 1 aliphatic carbocycles. The number of halogens is 2. The van der Waals surface area contributed by atoms with Crippen molar-refractivity contribution in [3.8, 4) is 0 Å². The number of anilines is 2. The maximum absolute atomic E-state index is 13.2. The Kier molecular flexibility index (Phi) is 3.75. The van der Waals surface area contributed by atoms with Gasteiger partial charge in [-0.3, -0.25) is 4.79 Å². The van der Waals surface area contributed by atoms with Gasteiger partial charge >= 0.3 is 0 Å². The number of nitrogens with one attached hydrogen (secondary N) is 2. The predicted octanol–water partition coefficient (Wildman–Crippen LogP) is 2.25. The molecule has 1 fully saturated rings. The molecule has 6 heteroatoms. The molecule has 1 atom stereocenters. The monoisotopic (exact) mass is 315 g/mol. The van der Waals surface area contributed by atoms with Crippen LogP contribution in [-0.4, -0.2) is 18.0 Å². The topological polar surface area (TPSA) is 67.1 Å². The second-order valence-electron chi connectivity index (χ2n) is 4.50. The summed E-state index contributed by atoms with van der Waals surface area (Å²) in [4.78, 5) is 11.8. The Morgan fingerprint density at radius 2 is 2.22 bits per heavy atom. The minimum atomic E-state index is -0.423. The van der Waals surface area contributed by atoms with E-state index in [0.717, 1.165) is 12.8 Å². The molecule has 1 amide bonds. The Morgan fingerprint density at radius 1 is 1.56 bits per heavy atom. The Bertz CT molecular complexity index is 477. The molecule has 1 aliphatic rings. The molecule has 0 bridgehead atoms. The summed E-state index contributed by atoms with van der Waals surface area (Å²) in [7, 11) is 0. The standard InChI is InChI=1S/C12H15BrFN3O/c1-6(12(18)17-7-2-3-7)16-11-4-8(13)9(14)5-10(11)15/h4-7,16H,2-3,15H2,1H3,(H,17,18). The van der Waals surface area contributed by atoms with Crippen LogP contribution in [0.15, 0.2) is 16.6 Å². The number of hydrogen-bond donors (Lipinski definition) is 3. The number of carbonyl (C=O) groups is 1. The fourth-order valence-corrected chi connectivity index (χ4v) is 1.88. The van der Waals surface area contributed by atoms with Crippen LogP contribution in [0.25, 0.3) is 0 Å². The van der Waals surface area contributed by atoms with E-state index in [9.17, 15) is 9.18 Å². The zero-order valence-electron chi connectivity index (χ0n) is 9.97. The van der Waals surface area contributed by atoms with Crippen molar-refractivity contribution in [1.29, 1.82) is 0 Å². The lowest BCUT2D eigenvalue weighted by Crippen LogP contribution is -2.38. The zero-order chi connectivity index (χ0) is 13.3. The van der Waals surface area contributed by atoms with Crippen LogP contribution in [0.2, 0.25) is 0 Å². The van der Waals surface area contributed by atoms with Gasteiger partial charge in [-0.1, -0.05) is 0 Å². The fraction of sp³-hybridized carbons (Fsp3) is 0.417. The van der Waals surface area contributed by atoms with E-state index in [2.05, 4.69) is 26.6 Å². The summed E-state index contributed by atoms with van der Waals surface area (Å²) < 4.78 is 13.5. The molecule has 0 aliphatic heterocycles. The van der Waals surface area contributed by atoms with Gasteiger partial charge in [-0.25, -0.2) is 4.39 Å². The van der Waals surface area contributed by atoms with E-state index in [-0.39, 0.29) is 11.6 Å². The quantitative estimate of drug-likeness (QED) is 0.747. The molecule has 18 heavy (non-hydrogen) atoms. The SMILES string of the molecule is CC(Nc1cc(Br)c(F)cc1N)C(=O)NC1CC1. The number of amides is 1. The third kappa shape index (κ3) is 3.13. The van der Waals surface area contributed by atoms with Crippen LogP contribution in [0.5, 0.6) is 0 Å². The van der Waals surface area contributed by atoms with Crippen LogP contribution in [0.4, 0.5) is 15.8 Å². The number of benzene rings is 1. The molecule has 0 radical (unpaired) electrons. The van der Waals surface area contributed by atoms with Crippen LogP contribution < -0.4 is 16.4 Å². The number of hydrogen-bond acceptors (Lipinski definition) is 3. The fourth-order valence-electron chi connectivity index (χ4n) is 1.54. The highest BCUT2D eigenvalue weighted by Gasteiger charge is 2.25. The summed E-state index contributed by atoms with van der Waals surface area (Å²) in [6.45, 7) is 1.74. The summed E-state index contributed by atoms with van der Waals surface area (Å²) >= 11 is 3.09. The van der Waals surface area contributed by atoms with Gasteiger partial charge in [0.25, 0.3) is 0 Å². The van der Waals surface area contributed by atoms with Gasteiger partial charge in [-0.05, 0) is 41.8 Å². The van der Waals surface area contributed by atoms with E-state index >= 15 is 0 Å². The largest absolute Gasteiger partial charge is 0.397 e. The van der Waals surface area contributed by atoms with Crippen molar-refractivity contribution in [2.45, 2.75) is 31.8 Å². The number of rotatable bonds is 4. The number of nitrogen functional groups attached to an aromatic ring is 1. The smallest absolute Gasteiger partial charge is 0.242 e. The number of nitrogens with two attached hydrogens (primary N) is 1. The van der Waals surface area contributed by atoms with Crippen LogP contribution in [0.3, 0.4) is 0 Å². The van der Waals surface area contributed by atoms with Crippen LogP contribution in [-0.2, 0) is 4.79 Å². The summed E-state index contributed by atoms with van der Waals surface area (Å²) in [6, 6.07) is 2.66. The maximum atomic E-state index is 13.2. The van der Waals surface area contributed by atoms with Gasteiger partial charge in [0.05, 0.1) is 15.8 Å². The van der Waals surface area contributed by atoms with Gasteiger partial charge in [0.15, 0.2) is 0 Å². The molecule has 0 saturated heterocycles. The van der Waals surface area contributed by atoms with Gasteiger partial charge in [0.1, 0.15) is 11.9 Å². The Balaban J connectivity index is 2.03. The lowest BCUT2D eigenvalue weighted by atomic mass is 10.2. The zero-order valence-corrected chi connectivity index (χ0v) is 11.6. The lowest BCUT2D eigenvalue weighted by molar-refractivity contribution is -0.121. The average Bonchev–Trinajstić information content (AvgIpc) is 3.09. The van der Waals surface area contributed by atoms with Crippen molar-refractivity contribution in [2.24, 2.45) is 0 Å². The highest BCUT2D eigenvalue weighted by molar-refractivity contribution is 9.10. The molecule has 1 aromatic rings. The Morgan fingerprint density at radius 3 is 2.83 bits per heavy atom. The normalized spacial score (nSPS) is 16.2. The lowest BCUT2D eigenvalue weighted by Gasteiger charge is -2.17. The summed E-state index contributed by atoms with van der Waals surface area (Å²) in [6.07, 6.45) is 2.09. The first kappa shape index (κ1) is 13.1. The first-order chi connectivity index (χ1) is 8.47. The molecule has 0 spiro atoms. The Hall–Kier alpha value is -1.30. The second-order valence-corrected chi connectivity index (χ2v) is 5.36. The van der Waals surface area contributed by atoms with Crippen molar-refractivity contribution < 1.29 is 9.18 Å². The van der Waals surface area contributed by atoms with Crippen molar-refractivity contribution in [3.05, 3.63) is 22.4 Å². The number of carbonyl (C=O) groups excluding carboxylic acids is 1. The van der Waals surface area contributed by atoms with E-state index in [0.29, 0.717) is 16.2 Å². The minimum absolute atomic E-state index is 0.0719. The van der Waals surface area contributed by atoms with Gasteiger partial charge in [0.2, 0.25) is 5.91 Å². The minimum Gasteiger partial charge on any atom is -0.397 e. The molecule has 1 saturated carbocycles. The predicted molar refractivity (Wildman–Crippen MR) is 72.8 cm³/mol. The highest BCUT2D eigenvalue weighted by atomic mass is 79.9. The van der Waals surface area contributed by atoms with Gasteiger partial charge in [-0.15, -0.1) is 0 Å². The van der Waals surface area contributed by atoms with Crippen LogP contribution in [0, 0.1) is 5.82 Å². The van der Waals surface area contributed by atoms with Crippen molar-refractivity contribution >= 4 is 33.2 Å². The summed E-state index contributed by atoms with van der Waals surface area (Å²) in [5, 5.41) is 5.87. The summed E-state index contributed by atoms with van der Waals surface area (Å²) in [5.41, 5.74) is 6.52. The summed E-state index contributed by atoms with van der Waals surface area (Å²) in [5.74, 6) is -0.495. The third-order valence-corrected chi connectivity index (χ3v) is 3.39. The molecule has 4 N–H and O–H groups in total. The first-order valence-corrected chi connectivity index (χ1v) is 6.58. The average molecular weight is 316 g/mol. The molecule has 0 aromatic heterocycles. The molecule has 2 rings (SSSR count). The van der Waals surface area contributed by atoms with E-state index in [1.54, 1.807) is 6.92 Å². The molecule has 4 nitrogen and oxygen atoms in total. The molecule has 98 valence electrons. The van der Waals surface area contributed by atoms with E-state index in [1.807, 2.05) is 0 Å². The second kappa shape index (κ2) is 5.14. The maximum Gasteiger partial charge on any atom is 0.242 e. The van der Waals surface area contributed by atoms with Gasteiger partial charge < -0.3 is 16.4 Å². The van der Waals surface area contributed by atoms with E-state index < -0.39 is 11.9 Å². The molecular weight excluding hydrogens is 301 g/mol. The van der Waals surface area contributed by atoms with Crippen LogP contribution >= 0.6 is 15.9 Å². The highest BCUT2D eigenvalue weighted by Crippen LogP contribution is 2.27. The molecular formula is C12H15BrFN3O. The molecule has 1 aromatic carbocycles. The molecule has 1 unspecified atom stereocenters. The van der Waals surface area contributed by atoms with Crippen LogP contribution in [0.1, 0.15) is 19.8 Å². The van der Waals surface area contributed by atoms with Crippen molar-refractivity contribution in [2.75, 3.05) is 11.1 Å². The first-order valence-electron chi connectivity index (χ1n) is 5.79. The van der Waals surface area contributed by atoms with Crippen molar-refractivity contribution in [3.63, 3.8) is 0 Å². The molecule has 0 heterocycles. The van der Waals surface area contributed by atoms with Gasteiger partial charge in [-0.2, -0.15) is 0 Å². The van der Waals surface area contributed by atoms with E-state index in [4.69, 9.17) is 5.73 Å². The van der Waals surface area contributed by atoms with E-state index in [1.165, 1.54) is 12.1 Å². The Labute approximate surface area is 113 Å². The van der Waals surface area contributed by atoms with Gasteiger partial charge in [0, 0.05) is 12.1 Å². The third-order valence-electron chi connectivity index (χ3n) is 2.78.